The van der Waals surface area contributed by atoms with Crippen LogP contribution < -0.4 is 0 Å². The lowest BCUT2D eigenvalue weighted by molar-refractivity contribution is -0.119. The Balaban J connectivity index is 0.00000144. The van der Waals surface area contributed by atoms with E-state index in [0.29, 0.717) is 18.9 Å². The van der Waals surface area contributed by atoms with Gasteiger partial charge in [-0.3, -0.25) is 10.2 Å². The van der Waals surface area contributed by atoms with Crippen LogP contribution in [0.25, 0.3) is 0 Å². The number of halogens is 2. The molecule has 1 saturated heterocycles. The predicted molar refractivity (Wildman–Crippen MR) is 54.9 cm³/mol. The van der Waals surface area contributed by atoms with Crippen LogP contribution in [0.4, 0.5) is 0 Å². The number of nitrogens with one attached hydrogen (secondary N) is 1. The summed E-state index contributed by atoms with van der Waals surface area (Å²) in [5.74, 6) is 0.698. The molecule has 1 aliphatic heterocycles. The number of carbonyl (C=O) groups excluding carboxylic acids is 1. The second kappa shape index (κ2) is 6.05. The van der Waals surface area contributed by atoms with Crippen LogP contribution in [0.5, 0.6) is 0 Å². The molecule has 0 saturated carbocycles. The molecule has 0 spiro atoms. The van der Waals surface area contributed by atoms with E-state index in [-0.39, 0.29) is 18.3 Å². The Bertz CT molecular complexity index is 181. The Hall–Kier alpha value is -0.480. The van der Waals surface area contributed by atoms with E-state index in [1.165, 1.54) is 0 Å². The van der Waals surface area contributed by atoms with Crippen molar-refractivity contribution in [3.63, 3.8) is 0 Å². The van der Waals surface area contributed by atoms with Gasteiger partial charge in [0.05, 0.1) is 5.88 Å². The third kappa shape index (κ3) is 3.40. The van der Waals surface area contributed by atoms with Gasteiger partial charge in [-0.25, -0.2) is 0 Å². The fraction of sp³-hybridized carbons (Fsp3) is 0.714. The van der Waals surface area contributed by atoms with Crippen LogP contribution in [0.1, 0.15) is 0 Å². The maximum absolute atomic E-state index is 10.3. The van der Waals surface area contributed by atoms with Gasteiger partial charge >= 0.3 is 0 Å². The zero-order chi connectivity index (χ0) is 8.97. The van der Waals surface area contributed by atoms with Crippen molar-refractivity contribution in [1.82, 2.24) is 9.80 Å². The van der Waals surface area contributed by atoms with Crippen LogP contribution in [0.2, 0.25) is 0 Å². The van der Waals surface area contributed by atoms with Crippen LogP contribution in [0.3, 0.4) is 0 Å². The van der Waals surface area contributed by atoms with Crippen molar-refractivity contribution in [3.8, 4) is 0 Å². The fourth-order valence-corrected chi connectivity index (χ4v) is 1.35. The summed E-state index contributed by atoms with van der Waals surface area (Å²) in [7, 11) is 0. The maximum Gasteiger partial charge on any atom is 0.209 e. The molecule has 1 heterocycles. The molecule has 6 heteroatoms. The number of nitrogens with zero attached hydrogens (tertiary/aromatic N) is 2. The predicted octanol–water partition coefficient (Wildman–Crippen LogP) is 0.398. The van der Waals surface area contributed by atoms with Crippen molar-refractivity contribution in [1.29, 1.82) is 5.41 Å². The summed E-state index contributed by atoms with van der Waals surface area (Å²) in [5.41, 5.74) is 0. The zero-order valence-corrected chi connectivity index (χ0v) is 8.77. The van der Waals surface area contributed by atoms with Crippen LogP contribution >= 0.6 is 24.0 Å². The van der Waals surface area contributed by atoms with Gasteiger partial charge in [-0.2, -0.15) is 0 Å². The molecule has 4 nitrogen and oxygen atoms in total. The van der Waals surface area contributed by atoms with Crippen molar-refractivity contribution < 1.29 is 4.79 Å². The van der Waals surface area contributed by atoms with E-state index in [0.717, 1.165) is 19.5 Å². The number of hydrogen-bond acceptors (Lipinski definition) is 2. The van der Waals surface area contributed by atoms with Gasteiger partial charge in [-0.05, 0) is 0 Å². The average molecular weight is 226 g/mol. The monoisotopic (exact) mass is 225 g/mol. The summed E-state index contributed by atoms with van der Waals surface area (Å²) in [6.45, 7) is 2.85. The summed E-state index contributed by atoms with van der Waals surface area (Å²) < 4.78 is 0. The minimum atomic E-state index is 0. The first-order chi connectivity index (χ1) is 5.77. The Morgan fingerprint density at radius 2 is 1.92 bits per heavy atom. The molecule has 0 atom stereocenters. The molecule has 0 aromatic carbocycles. The molecule has 13 heavy (non-hydrogen) atoms. The quantitative estimate of drug-likeness (QED) is 0.320. The number of alkyl halides is 1. The third-order valence-corrected chi connectivity index (χ3v) is 2.22. The summed E-state index contributed by atoms with van der Waals surface area (Å²) in [6, 6.07) is 0. The topological polar surface area (TPSA) is 47.4 Å². The first-order valence-corrected chi connectivity index (χ1v) is 4.39. The van der Waals surface area contributed by atoms with Crippen LogP contribution in [0, 0.1) is 5.41 Å². The van der Waals surface area contributed by atoms with Gasteiger partial charge < -0.3 is 9.80 Å². The standard InChI is InChI=1S/C7H12ClN3O.ClH/c8-5-7(9)11-3-1-10(6-12)2-4-11;/h6,9H,1-5H2;1H. The summed E-state index contributed by atoms with van der Waals surface area (Å²) in [5, 5.41) is 7.44. The molecular formula is C7H13Cl2N3O. The lowest BCUT2D eigenvalue weighted by Gasteiger charge is -2.33. The molecule has 0 aliphatic carbocycles. The van der Waals surface area contributed by atoms with Gasteiger partial charge in [0.25, 0.3) is 0 Å². The second-order valence-corrected chi connectivity index (χ2v) is 2.98. The summed E-state index contributed by atoms with van der Waals surface area (Å²) in [6.07, 6.45) is 0.849. The van der Waals surface area contributed by atoms with Crippen molar-refractivity contribution >= 4 is 36.3 Å². The van der Waals surface area contributed by atoms with Gasteiger partial charge in [-0.1, -0.05) is 0 Å². The molecule has 1 amide bonds. The molecule has 1 aliphatic rings. The smallest absolute Gasteiger partial charge is 0.209 e. The number of carbonyl (C=O) groups is 1. The second-order valence-electron chi connectivity index (χ2n) is 2.71. The molecular weight excluding hydrogens is 213 g/mol. The lowest BCUT2D eigenvalue weighted by Crippen LogP contribution is -2.48. The van der Waals surface area contributed by atoms with Gasteiger partial charge in [0.2, 0.25) is 6.41 Å². The molecule has 1 N–H and O–H groups in total. The molecule has 1 rings (SSSR count). The number of amides is 1. The Labute approximate surface area is 88.7 Å². The van der Waals surface area contributed by atoms with Crippen molar-refractivity contribution in [3.05, 3.63) is 0 Å². The Morgan fingerprint density at radius 1 is 1.38 bits per heavy atom. The Morgan fingerprint density at radius 3 is 2.31 bits per heavy atom. The molecule has 0 unspecified atom stereocenters. The largest absolute Gasteiger partial charge is 0.356 e. The summed E-state index contributed by atoms with van der Waals surface area (Å²) in [4.78, 5) is 13.9. The Kier molecular flexibility index (Phi) is 5.82. The maximum atomic E-state index is 10.3. The minimum absolute atomic E-state index is 0. The van der Waals surface area contributed by atoms with Gasteiger partial charge in [0, 0.05) is 26.2 Å². The third-order valence-electron chi connectivity index (χ3n) is 1.97. The zero-order valence-electron chi connectivity index (χ0n) is 7.20. The lowest BCUT2D eigenvalue weighted by atomic mass is 10.3. The molecule has 0 radical (unpaired) electrons. The van der Waals surface area contributed by atoms with E-state index in [1.54, 1.807) is 4.90 Å². The molecule has 0 bridgehead atoms. The fourth-order valence-electron chi connectivity index (χ4n) is 1.18. The highest BCUT2D eigenvalue weighted by Gasteiger charge is 2.16. The molecule has 0 aromatic heterocycles. The highest BCUT2D eigenvalue weighted by molar-refractivity contribution is 6.27. The van der Waals surface area contributed by atoms with Crippen LogP contribution in [0.15, 0.2) is 0 Å². The van der Waals surface area contributed by atoms with Crippen LogP contribution in [-0.4, -0.2) is 54.1 Å². The normalized spacial score (nSPS) is 16.4. The van der Waals surface area contributed by atoms with E-state index in [1.807, 2.05) is 4.90 Å². The highest BCUT2D eigenvalue weighted by atomic mass is 35.5. The van der Waals surface area contributed by atoms with E-state index < -0.39 is 0 Å². The van der Waals surface area contributed by atoms with Gasteiger partial charge in [-0.15, -0.1) is 24.0 Å². The van der Waals surface area contributed by atoms with E-state index >= 15 is 0 Å². The highest BCUT2D eigenvalue weighted by Crippen LogP contribution is 2.00. The number of rotatable bonds is 2. The first-order valence-electron chi connectivity index (χ1n) is 3.85. The minimum Gasteiger partial charge on any atom is -0.356 e. The number of hydrogen-bond donors (Lipinski definition) is 1. The number of amidine groups is 1. The summed E-state index contributed by atoms with van der Waals surface area (Å²) >= 11 is 5.51. The molecule has 1 fully saturated rings. The van der Waals surface area contributed by atoms with Crippen LogP contribution in [-0.2, 0) is 4.79 Å². The SMILES string of the molecule is Cl.N=C(CCl)N1CCN(C=O)CC1. The molecule has 0 aromatic rings. The molecule has 76 valence electrons. The van der Waals surface area contributed by atoms with Gasteiger partial charge in [0.15, 0.2) is 0 Å². The number of piperazine rings is 1. The van der Waals surface area contributed by atoms with Crippen molar-refractivity contribution in [2.75, 3.05) is 32.1 Å². The van der Waals surface area contributed by atoms with E-state index in [4.69, 9.17) is 17.0 Å². The van der Waals surface area contributed by atoms with Gasteiger partial charge in [0.1, 0.15) is 5.84 Å². The first kappa shape index (κ1) is 12.5. The van der Waals surface area contributed by atoms with E-state index in [2.05, 4.69) is 0 Å². The van der Waals surface area contributed by atoms with Crippen molar-refractivity contribution in [2.24, 2.45) is 0 Å². The van der Waals surface area contributed by atoms with E-state index in [9.17, 15) is 4.79 Å². The average Bonchev–Trinajstić information content (AvgIpc) is 2.17. The van der Waals surface area contributed by atoms with Crippen molar-refractivity contribution in [2.45, 2.75) is 0 Å².